The van der Waals surface area contributed by atoms with E-state index in [-0.39, 0.29) is 23.9 Å². The van der Waals surface area contributed by atoms with Crippen LogP contribution in [-0.4, -0.2) is 47.4 Å². The van der Waals surface area contributed by atoms with Gasteiger partial charge in [-0.15, -0.1) is 11.3 Å². The Labute approximate surface area is 200 Å². The normalized spacial score (nSPS) is 10.3. The van der Waals surface area contributed by atoms with Gasteiger partial charge in [0.05, 0.1) is 11.4 Å². The van der Waals surface area contributed by atoms with Gasteiger partial charge in [0.15, 0.2) is 0 Å². The summed E-state index contributed by atoms with van der Waals surface area (Å²) in [6, 6.07) is 15.2. The molecule has 10 heteroatoms. The molecule has 0 atom stereocenters. The SMILES string of the molecule is CC(=O)N(C)CCC(=O)Nc1ccc(C(=O)Nc2cc(-c3cccs3)ccc2NC(=O)O)cc1. The van der Waals surface area contributed by atoms with E-state index in [9.17, 15) is 19.2 Å². The van der Waals surface area contributed by atoms with Gasteiger partial charge in [-0.05, 0) is 53.4 Å². The molecule has 0 aliphatic carbocycles. The smallest absolute Gasteiger partial charge is 0.409 e. The van der Waals surface area contributed by atoms with Crippen molar-refractivity contribution in [2.24, 2.45) is 0 Å². The van der Waals surface area contributed by atoms with Crippen LogP contribution < -0.4 is 16.0 Å². The molecule has 4 amide bonds. The Hall–Kier alpha value is -4.18. The maximum atomic E-state index is 12.8. The number of nitrogens with zero attached hydrogens (tertiary/aromatic N) is 1. The summed E-state index contributed by atoms with van der Waals surface area (Å²) in [5, 5.41) is 18.8. The first kappa shape index (κ1) is 24.5. The van der Waals surface area contributed by atoms with Crippen molar-refractivity contribution in [3.05, 3.63) is 65.5 Å². The highest BCUT2D eigenvalue weighted by Crippen LogP contribution is 2.32. The zero-order valence-corrected chi connectivity index (χ0v) is 19.4. The Bertz CT molecular complexity index is 1190. The number of rotatable bonds is 8. The van der Waals surface area contributed by atoms with E-state index in [2.05, 4.69) is 16.0 Å². The van der Waals surface area contributed by atoms with Gasteiger partial charge in [-0.1, -0.05) is 12.1 Å². The van der Waals surface area contributed by atoms with Crippen LogP contribution in [0.5, 0.6) is 0 Å². The highest BCUT2D eigenvalue weighted by atomic mass is 32.1. The molecular formula is C24H24N4O5S. The molecule has 0 spiro atoms. The van der Waals surface area contributed by atoms with E-state index < -0.39 is 12.0 Å². The van der Waals surface area contributed by atoms with Gasteiger partial charge in [-0.2, -0.15) is 0 Å². The molecule has 9 nitrogen and oxygen atoms in total. The van der Waals surface area contributed by atoms with Crippen molar-refractivity contribution in [3.63, 3.8) is 0 Å². The number of carbonyl (C=O) groups excluding carboxylic acids is 3. The number of hydrogen-bond acceptors (Lipinski definition) is 5. The Morgan fingerprint density at radius 3 is 2.29 bits per heavy atom. The quantitative estimate of drug-likeness (QED) is 0.376. The number of thiophene rings is 1. The third kappa shape index (κ3) is 6.66. The fourth-order valence-corrected chi connectivity index (χ4v) is 3.74. The van der Waals surface area contributed by atoms with E-state index in [1.165, 1.54) is 23.2 Å². The molecule has 0 unspecified atom stereocenters. The molecule has 0 aliphatic rings. The molecule has 0 bridgehead atoms. The van der Waals surface area contributed by atoms with E-state index in [1.54, 1.807) is 49.5 Å². The van der Waals surface area contributed by atoms with Crippen LogP contribution in [-0.2, 0) is 9.59 Å². The first-order chi connectivity index (χ1) is 16.2. The summed E-state index contributed by atoms with van der Waals surface area (Å²) in [6.45, 7) is 1.74. The van der Waals surface area contributed by atoms with Crippen LogP contribution in [0.15, 0.2) is 60.0 Å². The van der Waals surface area contributed by atoms with Crippen molar-refractivity contribution in [1.82, 2.24) is 4.90 Å². The fraction of sp³-hybridized carbons (Fsp3) is 0.167. The van der Waals surface area contributed by atoms with Crippen molar-refractivity contribution in [1.29, 1.82) is 0 Å². The van der Waals surface area contributed by atoms with Gasteiger partial charge < -0.3 is 20.6 Å². The lowest BCUT2D eigenvalue weighted by Crippen LogP contribution is -2.28. The van der Waals surface area contributed by atoms with E-state index in [0.717, 1.165) is 10.4 Å². The lowest BCUT2D eigenvalue weighted by molar-refractivity contribution is -0.128. The van der Waals surface area contributed by atoms with Crippen LogP contribution in [0.2, 0.25) is 0 Å². The van der Waals surface area contributed by atoms with Gasteiger partial charge in [-0.25, -0.2) is 4.79 Å². The summed E-state index contributed by atoms with van der Waals surface area (Å²) in [7, 11) is 1.62. The van der Waals surface area contributed by atoms with Crippen molar-refractivity contribution < 1.29 is 24.3 Å². The molecule has 1 heterocycles. The minimum Gasteiger partial charge on any atom is -0.465 e. The largest absolute Gasteiger partial charge is 0.465 e. The maximum Gasteiger partial charge on any atom is 0.409 e. The van der Waals surface area contributed by atoms with Crippen molar-refractivity contribution in [2.45, 2.75) is 13.3 Å². The van der Waals surface area contributed by atoms with Crippen LogP contribution in [0.3, 0.4) is 0 Å². The first-order valence-corrected chi connectivity index (χ1v) is 11.2. The van der Waals surface area contributed by atoms with Gasteiger partial charge in [0, 0.05) is 43.1 Å². The zero-order chi connectivity index (χ0) is 24.7. The van der Waals surface area contributed by atoms with Gasteiger partial charge in [0.2, 0.25) is 11.8 Å². The Kier molecular flexibility index (Phi) is 7.99. The van der Waals surface area contributed by atoms with Gasteiger partial charge in [0.25, 0.3) is 5.91 Å². The molecule has 0 fully saturated rings. The topological polar surface area (TPSA) is 128 Å². The number of carbonyl (C=O) groups is 4. The second-order valence-electron chi connectivity index (χ2n) is 7.44. The van der Waals surface area contributed by atoms with Gasteiger partial charge >= 0.3 is 6.09 Å². The third-order valence-electron chi connectivity index (χ3n) is 4.96. The molecule has 34 heavy (non-hydrogen) atoms. The molecule has 3 rings (SSSR count). The molecule has 0 saturated heterocycles. The highest BCUT2D eigenvalue weighted by molar-refractivity contribution is 7.13. The Morgan fingerprint density at radius 1 is 0.941 bits per heavy atom. The predicted octanol–water partition coefficient (Wildman–Crippen LogP) is 4.56. The lowest BCUT2D eigenvalue weighted by Gasteiger charge is -2.14. The molecule has 0 radical (unpaired) electrons. The predicted molar refractivity (Wildman–Crippen MR) is 132 cm³/mol. The van der Waals surface area contributed by atoms with Crippen LogP contribution >= 0.6 is 11.3 Å². The van der Waals surface area contributed by atoms with Gasteiger partial charge in [-0.3, -0.25) is 19.7 Å². The van der Waals surface area contributed by atoms with Crippen LogP contribution in [0.1, 0.15) is 23.7 Å². The fourth-order valence-electron chi connectivity index (χ4n) is 3.02. The Balaban J connectivity index is 1.69. The summed E-state index contributed by atoms with van der Waals surface area (Å²) in [6.07, 6.45) is -1.09. The standard InChI is InChI=1S/C24H24N4O5S/c1-15(29)28(2)12-11-22(30)25-18-8-5-16(6-9-18)23(31)26-20-14-17(21-4-3-13-34-21)7-10-19(20)27-24(32)33/h3-10,13-14,27H,11-12H2,1-2H3,(H,25,30)(H,26,31)(H,32,33). The van der Waals surface area contributed by atoms with E-state index in [0.29, 0.717) is 23.5 Å². The molecule has 176 valence electrons. The molecule has 0 saturated carbocycles. The van der Waals surface area contributed by atoms with Crippen molar-refractivity contribution in [2.75, 3.05) is 29.5 Å². The van der Waals surface area contributed by atoms with E-state index >= 15 is 0 Å². The van der Waals surface area contributed by atoms with E-state index in [1.807, 2.05) is 17.5 Å². The van der Waals surface area contributed by atoms with Crippen LogP contribution in [0, 0.1) is 0 Å². The summed E-state index contributed by atoms with van der Waals surface area (Å²) in [5.41, 5.74) is 2.26. The minimum atomic E-state index is -1.24. The zero-order valence-electron chi connectivity index (χ0n) is 18.6. The maximum absolute atomic E-state index is 12.8. The summed E-state index contributed by atoms with van der Waals surface area (Å²) in [4.78, 5) is 49.7. The minimum absolute atomic E-state index is 0.120. The van der Waals surface area contributed by atoms with Gasteiger partial charge in [0.1, 0.15) is 0 Å². The second kappa shape index (κ2) is 11.1. The average Bonchev–Trinajstić information content (AvgIpc) is 3.33. The van der Waals surface area contributed by atoms with Crippen LogP contribution in [0.25, 0.3) is 10.4 Å². The number of nitrogens with one attached hydrogen (secondary N) is 3. The average molecular weight is 481 g/mol. The summed E-state index contributed by atoms with van der Waals surface area (Å²) < 4.78 is 0. The molecule has 0 aliphatic heterocycles. The summed E-state index contributed by atoms with van der Waals surface area (Å²) >= 11 is 1.53. The third-order valence-corrected chi connectivity index (χ3v) is 5.88. The number of carboxylic acid groups (broad SMARTS) is 1. The summed E-state index contributed by atoms with van der Waals surface area (Å²) in [5.74, 6) is -0.802. The molecule has 4 N–H and O–H groups in total. The number of benzene rings is 2. The number of anilines is 3. The molecular weight excluding hydrogens is 456 g/mol. The molecule has 3 aromatic rings. The Morgan fingerprint density at radius 2 is 1.68 bits per heavy atom. The van der Waals surface area contributed by atoms with Crippen molar-refractivity contribution in [3.8, 4) is 10.4 Å². The monoisotopic (exact) mass is 480 g/mol. The molecule has 2 aromatic carbocycles. The number of hydrogen-bond donors (Lipinski definition) is 4. The highest BCUT2D eigenvalue weighted by Gasteiger charge is 2.13. The van der Waals surface area contributed by atoms with Crippen LogP contribution in [0.4, 0.5) is 21.9 Å². The molecule has 1 aromatic heterocycles. The number of amides is 4. The first-order valence-electron chi connectivity index (χ1n) is 10.3. The lowest BCUT2D eigenvalue weighted by atomic mass is 10.1. The van der Waals surface area contributed by atoms with E-state index in [4.69, 9.17) is 5.11 Å². The second-order valence-corrected chi connectivity index (χ2v) is 8.39. The van der Waals surface area contributed by atoms with Crippen molar-refractivity contribution >= 4 is 52.2 Å².